The van der Waals surface area contributed by atoms with E-state index in [1.54, 1.807) is 0 Å². The zero-order valence-electron chi connectivity index (χ0n) is 12.8. The third-order valence-electron chi connectivity index (χ3n) is 4.66. The summed E-state index contributed by atoms with van der Waals surface area (Å²) in [6.45, 7) is 11.0. The van der Waals surface area contributed by atoms with Gasteiger partial charge in [0.2, 0.25) is 0 Å². The predicted molar refractivity (Wildman–Crippen MR) is 80.0 cm³/mol. The molecule has 0 aromatic heterocycles. The van der Waals surface area contributed by atoms with Crippen LogP contribution in [-0.2, 0) is 4.79 Å². The molecule has 2 fully saturated rings. The number of carboxylic acid groups (broad SMARTS) is 1. The molecule has 0 unspecified atom stereocenters. The summed E-state index contributed by atoms with van der Waals surface area (Å²) in [6, 6.07) is 0.754. The van der Waals surface area contributed by atoms with Crippen molar-refractivity contribution in [3.05, 3.63) is 0 Å². The van der Waals surface area contributed by atoms with E-state index in [0.29, 0.717) is 6.54 Å². The quantitative estimate of drug-likeness (QED) is 0.786. The molecule has 116 valence electrons. The number of carbonyl (C=O) groups is 1. The number of rotatable bonds is 6. The van der Waals surface area contributed by atoms with E-state index < -0.39 is 5.97 Å². The SMILES string of the molecule is CCCN1CCC(N2CCN(CCC(=O)O)CC2)CC1. The van der Waals surface area contributed by atoms with Gasteiger partial charge in [0.05, 0.1) is 6.42 Å². The normalized spacial score (nSPS) is 24.1. The van der Waals surface area contributed by atoms with Gasteiger partial charge in [-0.1, -0.05) is 6.92 Å². The highest BCUT2D eigenvalue weighted by atomic mass is 16.4. The maximum atomic E-state index is 10.6. The monoisotopic (exact) mass is 283 g/mol. The molecule has 0 aliphatic carbocycles. The molecule has 0 saturated carbocycles. The number of likely N-dealkylation sites (tertiary alicyclic amines) is 1. The fourth-order valence-electron chi connectivity index (χ4n) is 3.43. The van der Waals surface area contributed by atoms with Crippen molar-refractivity contribution in [2.75, 3.05) is 52.4 Å². The minimum absolute atomic E-state index is 0.273. The Hall–Kier alpha value is -0.650. The molecule has 0 amide bonds. The number of carboxylic acids is 1. The second kappa shape index (κ2) is 7.96. The van der Waals surface area contributed by atoms with Crippen LogP contribution in [0.4, 0.5) is 0 Å². The van der Waals surface area contributed by atoms with E-state index in [2.05, 4.69) is 21.6 Å². The van der Waals surface area contributed by atoms with Crippen LogP contribution in [0.25, 0.3) is 0 Å². The average Bonchev–Trinajstić information content (AvgIpc) is 2.47. The smallest absolute Gasteiger partial charge is 0.304 e. The Bertz CT molecular complexity index is 295. The summed E-state index contributed by atoms with van der Waals surface area (Å²) in [4.78, 5) is 18.1. The summed E-state index contributed by atoms with van der Waals surface area (Å²) in [5.41, 5.74) is 0. The maximum absolute atomic E-state index is 10.6. The minimum Gasteiger partial charge on any atom is -0.481 e. The van der Waals surface area contributed by atoms with Crippen LogP contribution in [0.5, 0.6) is 0 Å². The van der Waals surface area contributed by atoms with Crippen molar-refractivity contribution in [1.82, 2.24) is 14.7 Å². The molecule has 2 aliphatic rings. The first-order valence-corrected chi connectivity index (χ1v) is 8.09. The molecule has 2 saturated heterocycles. The van der Waals surface area contributed by atoms with E-state index in [9.17, 15) is 4.79 Å². The molecule has 5 nitrogen and oxygen atoms in total. The highest BCUT2D eigenvalue weighted by Gasteiger charge is 2.27. The lowest BCUT2D eigenvalue weighted by atomic mass is 10.0. The fraction of sp³-hybridized carbons (Fsp3) is 0.933. The van der Waals surface area contributed by atoms with E-state index in [1.807, 2.05) is 0 Å². The third-order valence-corrected chi connectivity index (χ3v) is 4.66. The van der Waals surface area contributed by atoms with Gasteiger partial charge in [0.25, 0.3) is 0 Å². The number of aliphatic carboxylic acids is 1. The van der Waals surface area contributed by atoms with Crippen LogP contribution in [-0.4, -0.2) is 84.2 Å². The predicted octanol–water partition coefficient (Wildman–Crippen LogP) is 0.953. The molecule has 0 spiro atoms. The van der Waals surface area contributed by atoms with E-state index in [-0.39, 0.29) is 6.42 Å². The number of piperazine rings is 1. The lowest BCUT2D eigenvalue weighted by molar-refractivity contribution is -0.137. The second-order valence-electron chi connectivity index (χ2n) is 6.09. The Balaban J connectivity index is 1.65. The first-order valence-electron chi connectivity index (χ1n) is 8.09. The highest BCUT2D eigenvalue weighted by molar-refractivity contribution is 5.66. The first kappa shape index (κ1) is 15.7. The zero-order chi connectivity index (χ0) is 14.4. The van der Waals surface area contributed by atoms with Crippen LogP contribution < -0.4 is 0 Å². The van der Waals surface area contributed by atoms with Crippen molar-refractivity contribution in [2.45, 2.75) is 38.6 Å². The van der Waals surface area contributed by atoms with Gasteiger partial charge in [0, 0.05) is 38.8 Å². The molecule has 2 heterocycles. The summed E-state index contributed by atoms with van der Waals surface area (Å²) >= 11 is 0. The van der Waals surface area contributed by atoms with Crippen molar-refractivity contribution < 1.29 is 9.90 Å². The Labute approximate surface area is 122 Å². The summed E-state index contributed by atoms with van der Waals surface area (Å²) in [5.74, 6) is -0.685. The summed E-state index contributed by atoms with van der Waals surface area (Å²) in [6.07, 6.45) is 4.13. The van der Waals surface area contributed by atoms with Gasteiger partial charge >= 0.3 is 5.97 Å². The number of hydrogen-bond donors (Lipinski definition) is 1. The molecule has 0 atom stereocenters. The molecular weight excluding hydrogens is 254 g/mol. The van der Waals surface area contributed by atoms with E-state index in [4.69, 9.17) is 5.11 Å². The van der Waals surface area contributed by atoms with Crippen molar-refractivity contribution >= 4 is 5.97 Å². The third kappa shape index (κ3) is 4.72. The van der Waals surface area contributed by atoms with Crippen LogP contribution in [0.1, 0.15) is 32.6 Å². The number of nitrogens with zero attached hydrogens (tertiary/aromatic N) is 3. The molecule has 0 radical (unpaired) electrons. The van der Waals surface area contributed by atoms with Crippen LogP contribution in [0.3, 0.4) is 0 Å². The van der Waals surface area contributed by atoms with Gasteiger partial charge < -0.3 is 14.9 Å². The largest absolute Gasteiger partial charge is 0.481 e. The van der Waals surface area contributed by atoms with E-state index >= 15 is 0 Å². The van der Waals surface area contributed by atoms with Crippen LogP contribution >= 0.6 is 0 Å². The first-order chi connectivity index (χ1) is 9.69. The van der Waals surface area contributed by atoms with E-state index in [0.717, 1.165) is 32.2 Å². The summed E-state index contributed by atoms with van der Waals surface area (Å²) < 4.78 is 0. The summed E-state index contributed by atoms with van der Waals surface area (Å²) in [5, 5.41) is 8.73. The van der Waals surface area contributed by atoms with Gasteiger partial charge in [-0.15, -0.1) is 0 Å². The van der Waals surface area contributed by atoms with Gasteiger partial charge in [-0.3, -0.25) is 9.69 Å². The number of piperidine rings is 1. The highest BCUT2D eigenvalue weighted by Crippen LogP contribution is 2.18. The molecule has 5 heteroatoms. The standard InChI is InChI=1S/C15H29N3O2/c1-2-6-16-7-3-14(4-8-16)18-12-10-17(11-13-18)9-5-15(19)20/h14H,2-13H2,1H3,(H,19,20). The van der Waals surface area contributed by atoms with Crippen LogP contribution in [0.2, 0.25) is 0 Å². The zero-order valence-corrected chi connectivity index (χ0v) is 12.8. The molecule has 0 bridgehead atoms. The van der Waals surface area contributed by atoms with Crippen molar-refractivity contribution in [1.29, 1.82) is 0 Å². The Morgan fingerprint density at radius 3 is 2.15 bits per heavy atom. The Morgan fingerprint density at radius 1 is 1.00 bits per heavy atom. The fourth-order valence-corrected chi connectivity index (χ4v) is 3.43. The molecule has 2 rings (SSSR count). The number of hydrogen-bond acceptors (Lipinski definition) is 4. The molecule has 0 aromatic carbocycles. The minimum atomic E-state index is -0.685. The van der Waals surface area contributed by atoms with Crippen molar-refractivity contribution in [3.63, 3.8) is 0 Å². The summed E-state index contributed by atoms with van der Waals surface area (Å²) in [7, 11) is 0. The maximum Gasteiger partial charge on any atom is 0.304 e. The van der Waals surface area contributed by atoms with Gasteiger partial charge in [0.15, 0.2) is 0 Å². The Morgan fingerprint density at radius 2 is 1.60 bits per heavy atom. The van der Waals surface area contributed by atoms with Crippen molar-refractivity contribution in [3.8, 4) is 0 Å². The Kier molecular flexibility index (Phi) is 6.26. The van der Waals surface area contributed by atoms with Crippen LogP contribution in [0, 0.1) is 0 Å². The lowest BCUT2D eigenvalue weighted by Crippen LogP contribution is -2.53. The van der Waals surface area contributed by atoms with E-state index in [1.165, 1.54) is 38.9 Å². The second-order valence-corrected chi connectivity index (χ2v) is 6.09. The van der Waals surface area contributed by atoms with Crippen LogP contribution in [0.15, 0.2) is 0 Å². The van der Waals surface area contributed by atoms with Gasteiger partial charge in [-0.25, -0.2) is 0 Å². The molecular formula is C15H29N3O2. The average molecular weight is 283 g/mol. The molecule has 0 aromatic rings. The van der Waals surface area contributed by atoms with Gasteiger partial charge in [-0.05, 0) is 38.9 Å². The lowest BCUT2D eigenvalue weighted by Gasteiger charge is -2.42. The topological polar surface area (TPSA) is 47.0 Å². The molecule has 1 N–H and O–H groups in total. The molecule has 2 aliphatic heterocycles. The van der Waals surface area contributed by atoms with Gasteiger partial charge in [-0.2, -0.15) is 0 Å². The van der Waals surface area contributed by atoms with Crippen molar-refractivity contribution in [2.24, 2.45) is 0 Å². The molecule has 20 heavy (non-hydrogen) atoms. The van der Waals surface area contributed by atoms with Gasteiger partial charge in [0.1, 0.15) is 0 Å².